The minimum atomic E-state index is -1.51. The van der Waals surface area contributed by atoms with Gasteiger partial charge in [-0.05, 0) is 24.7 Å². The first kappa shape index (κ1) is 32.1. The van der Waals surface area contributed by atoms with Crippen LogP contribution in [0.25, 0.3) is 0 Å². The Balaban J connectivity index is 0.00000578. The summed E-state index contributed by atoms with van der Waals surface area (Å²) in [4.78, 5) is 0. The fourth-order valence-corrected chi connectivity index (χ4v) is 7.28. The van der Waals surface area contributed by atoms with Gasteiger partial charge in [-0.2, -0.15) is 0 Å². The van der Waals surface area contributed by atoms with Crippen molar-refractivity contribution in [3.05, 3.63) is 35.4 Å². The van der Waals surface area contributed by atoms with Crippen LogP contribution >= 0.6 is 0 Å². The van der Waals surface area contributed by atoms with Crippen LogP contribution in [0.15, 0.2) is 24.3 Å². The Morgan fingerprint density at radius 3 is 1.82 bits per heavy atom. The lowest BCUT2D eigenvalue weighted by molar-refractivity contribution is -0.924. The summed E-state index contributed by atoms with van der Waals surface area (Å²) in [5, 5.41) is 0. The first-order valence-corrected chi connectivity index (χ1v) is 17.6. The molecule has 0 radical (unpaired) electrons. The average Bonchev–Trinajstić information content (AvgIpc) is 2.79. The zero-order valence-corrected chi connectivity index (χ0v) is 26.3. The third kappa shape index (κ3) is 14.0. The Morgan fingerprint density at radius 1 is 0.765 bits per heavy atom. The number of fused-ring (bicyclic) bond motifs is 1. The summed E-state index contributed by atoms with van der Waals surface area (Å²) in [7, 11) is 0.913. The van der Waals surface area contributed by atoms with Crippen LogP contribution in [0, 0.1) is 0 Å². The molecule has 2 rings (SSSR count). The first-order chi connectivity index (χ1) is 15.9. The zero-order chi connectivity index (χ0) is 23.8. The first-order valence-electron chi connectivity index (χ1n) is 14.5. The molecule has 1 unspecified atom stereocenters. The van der Waals surface area contributed by atoms with Crippen molar-refractivity contribution in [3.63, 3.8) is 0 Å². The van der Waals surface area contributed by atoms with Crippen LogP contribution in [0.2, 0.25) is 19.1 Å². The summed E-state index contributed by atoms with van der Waals surface area (Å²) in [5.74, 6) is 0. The largest absolute Gasteiger partial charge is 1.00 e. The van der Waals surface area contributed by atoms with Gasteiger partial charge in [0.2, 0.25) is 0 Å². The summed E-state index contributed by atoms with van der Waals surface area (Å²) in [5.41, 5.74) is 3.10. The van der Waals surface area contributed by atoms with Crippen molar-refractivity contribution in [2.24, 2.45) is 0 Å². The van der Waals surface area contributed by atoms with E-state index in [-0.39, 0.29) is 24.0 Å². The molecule has 0 N–H and O–H groups in total. The molecule has 4 heteroatoms. The number of hydrogen-bond acceptors (Lipinski definition) is 1. The number of rotatable bonds is 19. The molecule has 0 saturated carbocycles. The van der Waals surface area contributed by atoms with Gasteiger partial charge in [-0.3, -0.25) is 0 Å². The van der Waals surface area contributed by atoms with Gasteiger partial charge in [0.25, 0.3) is 0 Å². The van der Waals surface area contributed by atoms with Crippen molar-refractivity contribution >= 4 is 8.32 Å². The molecule has 0 aromatic heterocycles. The minimum absolute atomic E-state index is 0. The Labute approximate surface area is 231 Å². The molecule has 1 aromatic rings. The Bertz CT molecular complexity index is 638. The van der Waals surface area contributed by atoms with Crippen LogP contribution in [0.4, 0.5) is 0 Å². The fraction of sp³-hybridized carbons (Fsp3) is 0.800. The smallest absolute Gasteiger partial charge is 0.187 e. The molecule has 1 aliphatic heterocycles. The van der Waals surface area contributed by atoms with E-state index in [1.807, 2.05) is 0 Å². The van der Waals surface area contributed by atoms with E-state index in [1.165, 1.54) is 115 Å². The maximum atomic E-state index is 6.52. The molecule has 0 spiro atoms. The third-order valence-corrected chi connectivity index (χ3v) is 10.4. The molecule has 34 heavy (non-hydrogen) atoms. The van der Waals surface area contributed by atoms with Crippen LogP contribution in [0.3, 0.4) is 0 Å². The highest BCUT2D eigenvalue weighted by atomic mass is 127. The SMILES string of the molecule is CCCCCCCCCCCCCCCC[Si](C)(C)OCC[N+]1(C)CCc2ccccc2C1.[I-]. The third-order valence-electron chi connectivity index (χ3n) is 7.85. The van der Waals surface area contributed by atoms with E-state index in [9.17, 15) is 0 Å². The van der Waals surface area contributed by atoms with Crippen molar-refractivity contribution in [2.45, 2.75) is 129 Å². The lowest BCUT2D eigenvalue weighted by Gasteiger charge is -2.39. The summed E-state index contributed by atoms with van der Waals surface area (Å²) in [6.45, 7) is 11.7. The van der Waals surface area contributed by atoms with Gasteiger partial charge >= 0.3 is 0 Å². The Morgan fingerprint density at radius 2 is 1.26 bits per heavy atom. The number of nitrogens with zero attached hydrogens (tertiary/aromatic N) is 1. The molecule has 0 saturated heterocycles. The lowest BCUT2D eigenvalue weighted by atomic mass is 9.98. The monoisotopic (exact) mass is 601 g/mol. The van der Waals surface area contributed by atoms with Gasteiger partial charge in [0.15, 0.2) is 8.32 Å². The maximum Gasteiger partial charge on any atom is 0.187 e. The van der Waals surface area contributed by atoms with Crippen molar-refractivity contribution in [3.8, 4) is 0 Å². The maximum absolute atomic E-state index is 6.52. The van der Waals surface area contributed by atoms with Gasteiger partial charge in [-0.1, -0.05) is 121 Å². The normalized spacial score (nSPS) is 17.9. The van der Waals surface area contributed by atoms with Crippen LogP contribution in [0.5, 0.6) is 0 Å². The molecule has 2 nitrogen and oxygen atoms in total. The summed E-state index contributed by atoms with van der Waals surface area (Å²) in [6, 6.07) is 10.3. The van der Waals surface area contributed by atoms with E-state index in [4.69, 9.17) is 4.43 Å². The molecule has 0 bridgehead atoms. The predicted octanol–water partition coefficient (Wildman–Crippen LogP) is 5.90. The van der Waals surface area contributed by atoms with Crippen molar-refractivity contribution in [2.75, 3.05) is 26.7 Å². The van der Waals surface area contributed by atoms with E-state index in [1.54, 1.807) is 11.1 Å². The number of halogens is 1. The van der Waals surface area contributed by atoms with Crippen molar-refractivity contribution in [1.29, 1.82) is 0 Å². The number of likely N-dealkylation sites (N-methyl/N-ethyl adjacent to an activating group) is 1. The quantitative estimate of drug-likeness (QED) is 0.0831. The second kappa shape index (κ2) is 18.3. The Kier molecular flexibility index (Phi) is 17.3. The van der Waals surface area contributed by atoms with Gasteiger partial charge < -0.3 is 32.9 Å². The number of quaternary nitrogens is 1. The van der Waals surface area contributed by atoms with Gasteiger partial charge in [-0.25, -0.2) is 0 Å². The van der Waals surface area contributed by atoms with Gasteiger partial charge in [0, 0.05) is 12.0 Å². The summed E-state index contributed by atoms with van der Waals surface area (Å²) < 4.78 is 7.66. The molecular formula is C30H56INOSi. The fourth-order valence-electron chi connectivity index (χ4n) is 5.39. The highest BCUT2D eigenvalue weighted by Crippen LogP contribution is 2.24. The molecule has 0 fully saturated rings. The van der Waals surface area contributed by atoms with E-state index in [0.717, 1.165) is 17.6 Å². The molecule has 0 amide bonds. The van der Waals surface area contributed by atoms with Gasteiger partial charge in [-0.15, -0.1) is 0 Å². The van der Waals surface area contributed by atoms with Gasteiger partial charge in [0.1, 0.15) is 13.1 Å². The lowest BCUT2D eigenvalue weighted by Crippen LogP contribution is -3.00. The van der Waals surface area contributed by atoms with Crippen LogP contribution in [-0.4, -0.2) is 39.5 Å². The average molecular weight is 602 g/mol. The molecule has 198 valence electrons. The Hall–Kier alpha value is 0.0869. The van der Waals surface area contributed by atoms with E-state index in [0.29, 0.717) is 0 Å². The number of benzene rings is 1. The molecular weight excluding hydrogens is 545 g/mol. The molecule has 1 heterocycles. The van der Waals surface area contributed by atoms with Crippen LogP contribution in [0.1, 0.15) is 108 Å². The highest BCUT2D eigenvalue weighted by molar-refractivity contribution is 6.71. The van der Waals surface area contributed by atoms with Crippen LogP contribution < -0.4 is 24.0 Å². The van der Waals surface area contributed by atoms with Crippen LogP contribution in [-0.2, 0) is 17.4 Å². The van der Waals surface area contributed by atoms with Crippen molar-refractivity contribution in [1.82, 2.24) is 0 Å². The van der Waals surface area contributed by atoms with Crippen molar-refractivity contribution < 1.29 is 32.9 Å². The molecule has 1 aromatic carbocycles. The van der Waals surface area contributed by atoms with Gasteiger partial charge in [0.05, 0.1) is 20.2 Å². The second-order valence-electron chi connectivity index (χ2n) is 11.7. The second-order valence-corrected chi connectivity index (χ2v) is 16.0. The highest BCUT2D eigenvalue weighted by Gasteiger charge is 2.29. The number of unbranched alkanes of at least 4 members (excludes halogenated alkanes) is 13. The molecule has 0 aliphatic carbocycles. The topological polar surface area (TPSA) is 9.23 Å². The summed E-state index contributed by atoms with van der Waals surface area (Å²) in [6.07, 6.45) is 21.3. The summed E-state index contributed by atoms with van der Waals surface area (Å²) >= 11 is 0. The molecule has 1 atom stereocenters. The number of hydrogen-bond donors (Lipinski definition) is 0. The van der Waals surface area contributed by atoms with E-state index < -0.39 is 8.32 Å². The van der Waals surface area contributed by atoms with E-state index in [2.05, 4.69) is 51.3 Å². The van der Waals surface area contributed by atoms with E-state index >= 15 is 0 Å². The molecule has 1 aliphatic rings. The zero-order valence-electron chi connectivity index (χ0n) is 23.2. The predicted molar refractivity (Wildman–Crippen MR) is 148 cm³/mol. The standard InChI is InChI=1S/C30H56NOSi.HI/c1-5-6-7-8-9-10-11-12-13-14-15-16-17-20-27-33(3,4)32-26-25-31(2)24-23-29-21-18-19-22-30(29)28-31;/h18-19,21-22H,5-17,20,23-28H2,1-4H3;1H/q+1;/p-1. The minimum Gasteiger partial charge on any atom is -1.00 e.